The van der Waals surface area contributed by atoms with Crippen LogP contribution in [0.1, 0.15) is 24.2 Å². The zero-order valence-electron chi connectivity index (χ0n) is 11.9. The first kappa shape index (κ1) is 15.7. The lowest BCUT2D eigenvalue weighted by Crippen LogP contribution is -2.25. The van der Waals surface area contributed by atoms with Crippen molar-refractivity contribution in [2.75, 3.05) is 6.54 Å². The Kier molecular flexibility index (Phi) is 5.12. The van der Waals surface area contributed by atoms with Gasteiger partial charge in [0.1, 0.15) is 0 Å². The predicted molar refractivity (Wildman–Crippen MR) is 82.4 cm³/mol. The Morgan fingerprint density at radius 2 is 1.67 bits per heavy atom. The molecule has 5 heteroatoms. The van der Waals surface area contributed by atoms with Crippen molar-refractivity contribution in [3.8, 4) is 0 Å². The number of aliphatic hydroxyl groups excluding tert-OH is 1. The molecule has 4 nitrogen and oxygen atoms in total. The molecule has 0 aromatic heterocycles. The maximum Gasteiger partial charge on any atom is 0.240 e. The second-order valence-electron chi connectivity index (χ2n) is 4.88. The normalized spacial score (nSPS) is 13.0. The van der Waals surface area contributed by atoms with E-state index < -0.39 is 16.1 Å². The molecule has 2 aromatic carbocycles. The number of hydrogen-bond acceptors (Lipinski definition) is 3. The lowest BCUT2D eigenvalue weighted by atomic mass is 10.1. The number of hydrogen-bond donors (Lipinski definition) is 2. The summed E-state index contributed by atoms with van der Waals surface area (Å²) in [4.78, 5) is 0.273. The van der Waals surface area contributed by atoms with Crippen molar-refractivity contribution in [3.05, 3.63) is 65.7 Å². The lowest BCUT2D eigenvalue weighted by Gasteiger charge is -2.08. The zero-order chi connectivity index (χ0) is 15.3. The van der Waals surface area contributed by atoms with Gasteiger partial charge in [-0.2, -0.15) is 0 Å². The smallest absolute Gasteiger partial charge is 0.240 e. The van der Waals surface area contributed by atoms with E-state index in [0.29, 0.717) is 13.0 Å². The van der Waals surface area contributed by atoms with Crippen LogP contribution in [0.25, 0.3) is 0 Å². The van der Waals surface area contributed by atoms with Crippen LogP contribution in [0.3, 0.4) is 0 Å². The van der Waals surface area contributed by atoms with Crippen molar-refractivity contribution in [3.63, 3.8) is 0 Å². The summed E-state index contributed by atoms with van der Waals surface area (Å²) in [6.07, 6.45) is 0.113. The highest BCUT2D eigenvalue weighted by molar-refractivity contribution is 7.89. The molecular formula is C16H19NO3S. The highest BCUT2D eigenvalue weighted by atomic mass is 32.2. The Morgan fingerprint density at radius 3 is 2.24 bits per heavy atom. The predicted octanol–water partition coefficient (Wildman–Crippen LogP) is 2.26. The molecule has 0 aliphatic rings. The van der Waals surface area contributed by atoms with E-state index in [2.05, 4.69) is 4.72 Å². The van der Waals surface area contributed by atoms with E-state index in [-0.39, 0.29) is 4.90 Å². The van der Waals surface area contributed by atoms with Gasteiger partial charge >= 0.3 is 0 Å². The molecule has 0 aliphatic carbocycles. The minimum absolute atomic E-state index is 0.273. The fourth-order valence-corrected chi connectivity index (χ4v) is 3.03. The quantitative estimate of drug-likeness (QED) is 0.860. The number of aliphatic hydroxyl groups is 1. The molecule has 112 valence electrons. The van der Waals surface area contributed by atoms with Crippen molar-refractivity contribution in [2.45, 2.75) is 24.3 Å². The second-order valence-corrected chi connectivity index (χ2v) is 6.65. The van der Waals surface area contributed by atoms with Gasteiger partial charge in [0.15, 0.2) is 0 Å². The summed E-state index contributed by atoms with van der Waals surface area (Å²) in [6, 6.07) is 15.8. The highest BCUT2D eigenvalue weighted by Crippen LogP contribution is 2.13. The summed E-state index contributed by atoms with van der Waals surface area (Å²) in [5.74, 6) is 0. The maximum atomic E-state index is 12.0. The van der Waals surface area contributed by atoms with Crippen molar-refractivity contribution in [1.82, 2.24) is 4.72 Å². The van der Waals surface area contributed by atoms with Crippen molar-refractivity contribution >= 4 is 10.0 Å². The van der Waals surface area contributed by atoms with Gasteiger partial charge in [-0.1, -0.05) is 42.5 Å². The van der Waals surface area contributed by atoms with E-state index in [0.717, 1.165) is 11.1 Å². The Bertz CT molecular complexity index is 664. The van der Waals surface area contributed by atoms with E-state index in [1.165, 1.54) is 0 Å². The second kappa shape index (κ2) is 6.85. The third-order valence-corrected chi connectivity index (χ3v) is 4.70. The van der Waals surface area contributed by atoms with Crippen LogP contribution >= 0.6 is 0 Å². The fraction of sp³-hybridized carbons (Fsp3) is 0.250. The van der Waals surface area contributed by atoms with E-state index in [9.17, 15) is 13.5 Å². The molecule has 21 heavy (non-hydrogen) atoms. The van der Waals surface area contributed by atoms with E-state index in [1.807, 2.05) is 24.3 Å². The van der Waals surface area contributed by atoms with Gasteiger partial charge in [-0.05, 0) is 36.6 Å². The van der Waals surface area contributed by atoms with Gasteiger partial charge in [0.2, 0.25) is 10.0 Å². The van der Waals surface area contributed by atoms with Crippen molar-refractivity contribution in [2.24, 2.45) is 0 Å². The van der Waals surface area contributed by atoms with Gasteiger partial charge < -0.3 is 5.11 Å². The van der Waals surface area contributed by atoms with E-state index in [4.69, 9.17) is 0 Å². The van der Waals surface area contributed by atoms with Crippen molar-refractivity contribution < 1.29 is 13.5 Å². The Labute approximate surface area is 125 Å². The average molecular weight is 305 g/mol. The summed E-state index contributed by atoms with van der Waals surface area (Å²) in [5, 5.41) is 9.43. The van der Waals surface area contributed by atoms with Crippen LogP contribution in [0, 0.1) is 0 Å². The number of benzene rings is 2. The first-order valence-electron chi connectivity index (χ1n) is 6.80. The molecule has 0 saturated carbocycles. The third-order valence-electron chi connectivity index (χ3n) is 3.22. The molecule has 0 aliphatic heterocycles. The van der Waals surface area contributed by atoms with Gasteiger partial charge in [0.05, 0.1) is 11.0 Å². The van der Waals surface area contributed by atoms with Crippen LogP contribution < -0.4 is 4.72 Å². The topological polar surface area (TPSA) is 66.4 Å². The molecule has 2 rings (SSSR count). The fourth-order valence-electron chi connectivity index (χ4n) is 1.98. The van der Waals surface area contributed by atoms with E-state index >= 15 is 0 Å². The van der Waals surface area contributed by atoms with Crippen molar-refractivity contribution in [1.29, 1.82) is 0 Å². The third kappa shape index (κ3) is 4.39. The van der Waals surface area contributed by atoms with Gasteiger partial charge in [-0.15, -0.1) is 0 Å². The SMILES string of the molecule is CC(O)c1ccc(CCNS(=O)(=O)c2ccccc2)cc1. The first-order chi connectivity index (χ1) is 9.99. The Balaban J connectivity index is 1.92. The number of sulfonamides is 1. The lowest BCUT2D eigenvalue weighted by molar-refractivity contribution is 0.199. The number of nitrogens with one attached hydrogen (secondary N) is 1. The average Bonchev–Trinajstić information content (AvgIpc) is 2.48. The Morgan fingerprint density at radius 1 is 1.05 bits per heavy atom. The molecule has 0 saturated heterocycles. The highest BCUT2D eigenvalue weighted by Gasteiger charge is 2.12. The van der Waals surface area contributed by atoms with Crippen LogP contribution in [0.4, 0.5) is 0 Å². The molecule has 2 N–H and O–H groups in total. The Hall–Kier alpha value is -1.69. The molecule has 1 unspecified atom stereocenters. The molecule has 1 atom stereocenters. The summed E-state index contributed by atoms with van der Waals surface area (Å²) in [7, 11) is -3.44. The molecule has 0 radical (unpaired) electrons. The van der Waals surface area contributed by atoms with Gasteiger partial charge in [0.25, 0.3) is 0 Å². The van der Waals surface area contributed by atoms with Crippen LogP contribution in [-0.4, -0.2) is 20.1 Å². The maximum absolute atomic E-state index is 12.0. The van der Waals surface area contributed by atoms with Crippen LogP contribution in [0.5, 0.6) is 0 Å². The van der Waals surface area contributed by atoms with Gasteiger partial charge in [-0.25, -0.2) is 13.1 Å². The molecule has 0 fully saturated rings. The largest absolute Gasteiger partial charge is 0.389 e. The minimum atomic E-state index is -3.44. The van der Waals surface area contributed by atoms with Crippen LogP contribution in [-0.2, 0) is 16.4 Å². The standard InChI is InChI=1S/C16H19NO3S/c1-13(18)15-9-7-14(8-10-15)11-12-17-21(19,20)16-5-3-2-4-6-16/h2-10,13,17-18H,11-12H2,1H3. The van der Waals surface area contributed by atoms with Crippen LogP contribution in [0.2, 0.25) is 0 Å². The van der Waals surface area contributed by atoms with Gasteiger partial charge in [0, 0.05) is 6.54 Å². The number of rotatable bonds is 6. The molecular weight excluding hydrogens is 286 g/mol. The summed E-state index contributed by atoms with van der Waals surface area (Å²) in [6.45, 7) is 2.05. The molecule has 0 amide bonds. The van der Waals surface area contributed by atoms with E-state index in [1.54, 1.807) is 37.3 Å². The summed E-state index contributed by atoms with van der Waals surface area (Å²) >= 11 is 0. The van der Waals surface area contributed by atoms with Gasteiger partial charge in [-0.3, -0.25) is 0 Å². The van der Waals surface area contributed by atoms with Crippen LogP contribution in [0.15, 0.2) is 59.5 Å². The molecule has 0 bridgehead atoms. The summed E-state index contributed by atoms with van der Waals surface area (Å²) < 4.78 is 26.6. The minimum Gasteiger partial charge on any atom is -0.389 e. The molecule has 0 spiro atoms. The molecule has 0 heterocycles. The molecule has 2 aromatic rings. The summed E-state index contributed by atoms with van der Waals surface area (Å²) in [5.41, 5.74) is 1.87. The first-order valence-corrected chi connectivity index (χ1v) is 8.29. The zero-order valence-corrected chi connectivity index (χ0v) is 12.7. The monoisotopic (exact) mass is 305 g/mol.